The Morgan fingerprint density at radius 2 is 1.04 bits per heavy atom. The van der Waals surface area contributed by atoms with Crippen molar-refractivity contribution < 1.29 is 0 Å². The van der Waals surface area contributed by atoms with Gasteiger partial charge in [0.2, 0.25) is 0 Å². The first-order valence-corrected chi connectivity index (χ1v) is 9.33. The largest absolute Gasteiger partial charge is 0.399 e. The Bertz CT molecular complexity index is 1020. The molecule has 0 heterocycles. The van der Waals surface area contributed by atoms with Crippen LogP contribution in [0.15, 0.2) is 103 Å². The number of nitrogens with zero attached hydrogens (tertiary/aromatic N) is 1. The number of benzene rings is 4. The highest BCUT2D eigenvalue weighted by Gasteiger charge is 2.12. The molecule has 0 fully saturated rings. The molecule has 0 saturated heterocycles. The maximum atomic E-state index is 5.89. The van der Waals surface area contributed by atoms with Crippen LogP contribution in [0.3, 0.4) is 0 Å². The van der Waals surface area contributed by atoms with Crippen molar-refractivity contribution in [3.8, 4) is 11.1 Å². The van der Waals surface area contributed by atoms with Crippen molar-refractivity contribution >= 4 is 28.4 Å². The molecule has 0 aliphatic carbocycles. The topological polar surface area (TPSA) is 41.3 Å². The molecule has 0 bridgehead atoms. The summed E-state index contributed by atoms with van der Waals surface area (Å²) in [6.07, 6.45) is 0. The van der Waals surface area contributed by atoms with Gasteiger partial charge in [-0.3, -0.25) is 0 Å². The molecule has 0 unspecified atom stereocenters. The van der Waals surface area contributed by atoms with Crippen LogP contribution in [-0.2, 0) is 0 Å². The molecule has 0 saturated carbocycles. The summed E-state index contributed by atoms with van der Waals surface area (Å²) in [6, 6.07) is 35.4. The minimum absolute atomic E-state index is 0.761. The molecule has 3 heteroatoms. The molecule has 3 N–H and O–H groups in total. The Morgan fingerprint density at radius 1 is 0.571 bits per heavy atom. The Kier molecular flexibility index (Phi) is 4.98. The Morgan fingerprint density at radius 3 is 1.57 bits per heavy atom. The molecule has 0 atom stereocenters. The van der Waals surface area contributed by atoms with Crippen LogP contribution >= 0.6 is 0 Å². The number of rotatable bonds is 5. The predicted molar refractivity (Wildman–Crippen MR) is 121 cm³/mol. The summed E-state index contributed by atoms with van der Waals surface area (Å²) in [6.45, 7) is 0. The third kappa shape index (κ3) is 3.69. The second-order valence-electron chi connectivity index (χ2n) is 6.64. The van der Waals surface area contributed by atoms with Gasteiger partial charge < -0.3 is 16.0 Å². The minimum Gasteiger partial charge on any atom is -0.399 e. The molecule has 138 valence electrons. The SMILES string of the molecule is CNc1ccc(-c2ccc(N(c3ccccc3)c3ccc(N)cc3)cc2)cc1. The molecule has 4 aromatic carbocycles. The maximum absolute atomic E-state index is 5.89. The molecular weight excluding hydrogens is 342 g/mol. The minimum atomic E-state index is 0.761. The van der Waals surface area contributed by atoms with E-state index in [2.05, 4.69) is 83.0 Å². The summed E-state index contributed by atoms with van der Waals surface area (Å²) in [5, 5.41) is 3.15. The van der Waals surface area contributed by atoms with E-state index in [-0.39, 0.29) is 0 Å². The van der Waals surface area contributed by atoms with Crippen LogP contribution < -0.4 is 16.0 Å². The lowest BCUT2D eigenvalue weighted by Crippen LogP contribution is -2.09. The van der Waals surface area contributed by atoms with Crippen molar-refractivity contribution in [3.05, 3.63) is 103 Å². The van der Waals surface area contributed by atoms with Crippen LogP contribution in [0.1, 0.15) is 0 Å². The summed E-state index contributed by atoms with van der Waals surface area (Å²) in [7, 11) is 1.93. The fraction of sp³-hybridized carbons (Fsp3) is 0.0400. The van der Waals surface area contributed by atoms with Crippen molar-refractivity contribution in [1.82, 2.24) is 0 Å². The van der Waals surface area contributed by atoms with E-state index < -0.39 is 0 Å². The molecule has 3 nitrogen and oxygen atoms in total. The zero-order valence-electron chi connectivity index (χ0n) is 15.8. The van der Waals surface area contributed by atoms with Crippen molar-refractivity contribution in [2.75, 3.05) is 23.0 Å². The first-order chi connectivity index (χ1) is 13.7. The van der Waals surface area contributed by atoms with Gasteiger partial charge in [-0.25, -0.2) is 0 Å². The van der Waals surface area contributed by atoms with Crippen LogP contribution in [0.5, 0.6) is 0 Å². The van der Waals surface area contributed by atoms with Gasteiger partial charge in [-0.2, -0.15) is 0 Å². The summed E-state index contributed by atoms with van der Waals surface area (Å²) < 4.78 is 0. The number of nitrogen functional groups attached to an aromatic ring is 1. The monoisotopic (exact) mass is 365 g/mol. The number of anilines is 5. The van der Waals surface area contributed by atoms with Crippen LogP contribution in [-0.4, -0.2) is 7.05 Å². The van der Waals surface area contributed by atoms with Crippen LogP contribution in [0.4, 0.5) is 28.4 Å². The van der Waals surface area contributed by atoms with E-state index in [1.165, 1.54) is 11.1 Å². The quantitative estimate of drug-likeness (QED) is 0.399. The highest BCUT2D eigenvalue weighted by molar-refractivity contribution is 5.79. The molecular formula is C25H23N3. The summed E-state index contributed by atoms with van der Waals surface area (Å²) in [5.41, 5.74) is 13.4. The van der Waals surface area contributed by atoms with E-state index in [0.717, 1.165) is 28.4 Å². The highest BCUT2D eigenvalue weighted by atomic mass is 15.1. The average Bonchev–Trinajstić information content (AvgIpc) is 2.77. The summed E-state index contributed by atoms with van der Waals surface area (Å²) >= 11 is 0. The third-order valence-electron chi connectivity index (χ3n) is 4.80. The molecule has 4 rings (SSSR count). The fourth-order valence-corrected chi connectivity index (χ4v) is 3.28. The zero-order chi connectivity index (χ0) is 19.3. The lowest BCUT2D eigenvalue weighted by Gasteiger charge is -2.25. The van der Waals surface area contributed by atoms with Gasteiger partial charge in [0.05, 0.1) is 0 Å². The number of hydrogen-bond donors (Lipinski definition) is 2. The van der Waals surface area contributed by atoms with E-state index in [1.54, 1.807) is 0 Å². The van der Waals surface area contributed by atoms with Crippen molar-refractivity contribution in [2.45, 2.75) is 0 Å². The number of hydrogen-bond acceptors (Lipinski definition) is 3. The van der Waals surface area contributed by atoms with Gasteiger partial charge in [-0.05, 0) is 71.8 Å². The summed E-state index contributed by atoms with van der Waals surface area (Å²) in [5.74, 6) is 0. The normalized spacial score (nSPS) is 10.5. The van der Waals surface area contributed by atoms with Gasteiger partial charge in [0.1, 0.15) is 0 Å². The van der Waals surface area contributed by atoms with Gasteiger partial charge in [0, 0.05) is 35.5 Å². The molecule has 0 amide bonds. The van der Waals surface area contributed by atoms with Gasteiger partial charge in [0.25, 0.3) is 0 Å². The molecule has 0 aliphatic rings. The predicted octanol–water partition coefficient (Wildman–Crippen LogP) is 6.45. The van der Waals surface area contributed by atoms with E-state index >= 15 is 0 Å². The smallest absolute Gasteiger partial charge is 0.0463 e. The van der Waals surface area contributed by atoms with Gasteiger partial charge in [-0.15, -0.1) is 0 Å². The standard InChI is InChI=1S/C25H23N3/c1-27-22-13-7-19(8-14-22)20-9-15-24(16-10-20)28(23-5-3-2-4-6-23)25-17-11-21(26)12-18-25/h2-18,27H,26H2,1H3. The molecule has 0 aliphatic heterocycles. The molecule has 4 aromatic rings. The zero-order valence-corrected chi connectivity index (χ0v) is 15.8. The maximum Gasteiger partial charge on any atom is 0.0463 e. The highest BCUT2D eigenvalue weighted by Crippen LogP contribution is 2.35. The van der Waals surface area contributed by atoms with Crippen molar-refractivity contribution in [2.24, 2.45) is 0 Å². The number of nitrogens with one attached hydrogen (secondary N) is 1. The van der Waals surface area contributed by atoms with Gasteiger partial charge in [0.15, 0.2) is 0 Å². The first kappa shape index (κ1) is 17.7. The third-order valence-corrected chi connectivity index (χ3v) is 4.80. The van der Waals surface area contributed by atoms with Crippen LogP contribution in [0, 0.1) is 0 Å². The lowest BCUT2D eigenvalue weighted by molar-refractivity contribution is 1.28. The van der Waals surface area contributed by atoms with E-state index in [1.807, 2.05) is 37.4 Å². The molecule has 0 spiro atoms. The molecule has 0 aromatic heterocycles. The van der Waals surface area contributed by atoms with E-state index in [0.29, 0.717) is 0 Å². The van der Waals surface area contributed by atoms with Crippen LogP contribution in [0.2, 0.25) is 0 Å². The summed E-state index contributed by atoms with van der Waals surface area (Å²) in [4.78, 5) is 2.23. The second kappa shape index (κ2) is 7.89. The fourth-order valence-electron chi connectivity index (χ4n) is 3.28. The second-order valence-corrected chi connectivity index (χ2v) is 6.64. The average molecular weight is 365 g/mol. The van der Waals surface area contributed by atoms with E-state index in [4.69, 9.17) is 5.73 Å². The Labute approximate surface area is 166 Å². The Balaban J connectivity index is 1.71. The van der Waals surface area contributed by atoms with E-state index in [9.17, 15) is 0 Å². The first-order valence-electron chi connectivity index (χ1n) is 9.33. The van der Waals surface area contributed by atoms with Crippen molar-refractivity contribution in [3.63, 3.8) is 0 Å². The number of nitrogens with two attached hydrogens (primary N) is 1. The molecule has 28 heavy (non-hydrogen) atoms. The van der Waals surface area contributed by atoms with Crippen molar-refractivity contribution in [1.29, 1.82) is 0 Å². The number of para-hydroxylation sites is 1. The van der Waals surface area contributed by atoms with Gasteiger partial charge in [-0.1, -0.05) is 42.5 Å². The lowest BCUT2D eigenvalue weighted by atomic mass is 10.0. The molecule has 0 radical (unpaired) electrons. The van der Waals surface area contributed by atoms with Gasteiger partial charge >= 0.3 is 0 Å². The Hall–Kier alpha value is -3.72. The van der Waals surface area contributed by atoms with Crippen LogP contribution in [0.25, 0.3) is 11.1 Å².